The van der Waals surface area contributed by atoms with E-state index in [4.69, 9.17) is 14.2 Å². The number of nitrogens with one attached hydrogen (secondary N) is 2. The third-order valence-corrected chi connectivity index (χ3v) is 8.17. The van der Waals surface area contributed by atoms with Crippen molar-refractivity contribution in [3.05, 3.63) is 124 Å². The fraction of sp³-hybridized carbons (Fsp3) is 0.147. The van der Waals surface area contributed by atoms with Crippen molar-refractivity contribution >= 4 is 41.2 Å². The van der Waals surface area contributed by atoms with Crippen LogP contribution < -0.4 is 25.0 Å². The van der Waals surface area contributed by atoms with Crippen LogP contribution in [0.15, 0.2) is 95.9 Å². The summed E-state index contributed by atoms with van der Waals surface area (Å²) in [6, 6.07) is 26.7. The summed E-state index contributed by atoms with van der Waals surface area (Å²) >= 11 is 1.32. The fourth-order valence-electron chi connectivity index (χ4n) is 4.61. The molecule has 3 amide bonds. The van der Waals surface area contributed by atoms with Crippen molar-refractivity contribution in [2.45, 2.75) is 12.3 Å². The SMILES string of the molecule is COc1cc(/C=C2\SC(c3ccccc3)N(NC(=O)c3ccc(NC(=O)c4ccc(C)cc4)cc3)C2=O)cc(OC)c1OC. The number of rotatable bonds is 9. The van der Waals surface area contributed by atoms with Gasteiger partial charge in [0, 0.05) is 16.8 Å². The fourth-order valence-corrected chi connectivity index (χ4v) is 5.80. The van der Waals surface area contributed by atoms with Crippen molar-refractivity contribution in [1.82, 2.24) is 10.4 Å². The molecule has 0 aliphatic carbocycles. The largest absolute Gasteiger partial charge is 0.493 e. The number of hydrazine groups is 1. The van der Waals surface area contributed by atoms with Crippen LogP contribution in [0.25, 0.3) is 6.08 Å². The summed E-state index contributed by atoms with van der Waals surface area (Å²) < 4.78 is 16.3. The van der Waals surface area contributed by atoms with Crippen molar-refractivity contribution < 1.29 is 28.6 Å². The monoisotopic (exact) mass is 609 g/mol. The average molecular weight is 610 g/mol. The molecule has 10 heteroatoms. The number of ether oxygens (including phenoxy) is 3. The summed E-state index contributed by atoms with van der Waals surface area (Å²) in [6.45, 7) is 1.95. The number of carbonyl (C=O) groups is 3. The maximum atomic E-state index is 13.7. The molecule has 9 nitrogen and oxygen atoms in total. The molecule has 224 valence electrons. The number of amides is 3. The Morgan fingerprint density at radius 1 is 0.795 bits per heavy atom. The van der Waals surface area contributed by atoms with Crippen LogP contribution >= 0.6 is 11.8 Å². The molecule has 1 atom stereocenters. The molecule has 1 fully saturated rings. The predicted molar refractivity (Wildman–Crippen MR) is 171 cm³/mol. The number of aryl methyl sites for hydroxylation is 1. The van der Waals surface area contributed by atoms with Crippen LogP contribution in [0.5, 0.6) is 17.2 Å². The van der Waals surface area contributed by atoms with Crippen molar-refractivity contribution in [2.75, 3.05) is 26.6 Å². The lowest BCUT2D eigenvalue weighted by molar-refractivity contribution is -0.128. The Morgan fingerprint density at radius 2 is 1.39 bits per heavy atom. The Labute approximate surface area is 259 Å². The molecule has 2 N–H and O–H groups in total. The van der Waals surface area contributed by atoms with E-state index < -0.39 is 11.3 Å². The van der Waals surface area contributed by atoms with Gasteiger partial charge in [-0.3, -0.25) is 19.8 Å². The summed E-state index contributed by atoms with van der Waals surface area (Å²) in [4.78, 5) is 40.1. The van der Waals surface area contributed by atoms with Crippen molar-refractivity contribution in [1.29, 1.82) is 0 Å². The van der Waals surface area contributed by atoms with Gasteiger partial charge in [-0.05, 0) is 72.7 Å². The molecule has 4 aromatic rings. The molecule has 1 unspecified atom stereocenters. The van der Waals surface area contributed by atoms with Gasteiger partial charge in [-0.25, -0.2) is 5.01 Å². The average Bonchev–Trinajstić information content (AvgIpc) is 3.35. The minimum Gasteiger partial charge on any atom is -0.493 e. The summed E-state index contributed by atoms with van der Waals surface area (Å²) in [5.74, 6) is 0.270. The highest BCUT2D eigenvalue weighted by atomic mass is 32.2. The maximum Gasteiger partial charge on any atom is 0.280 e. The highest BCUT2D eigenvalue weighted by Gasteiger charge is 2.38. The topological polar surface area (TPSA) is 106 Å². The van der Waals surface area contributed by atoms with Gasteiger partial charge in [0.15, 0.2) is 11.5 Å². The summed E-state index contributed by atoms with van der Waals surface area (Å²) in [5, 5.41) is 3.66. The minimum absolute atomic E-state index is 0.251. The van der Waals surface area contributed by atoms with Gasteiger partial charge in [-0.1, -0.05) is 59.8 Å². The van der Waals surface area contributed by atoms with E-state index in [0.717, 1.165) is 11.1 Å². The predicted octanol–water partition coefficient (Wildman–Crippen LogP) is 6.23. The van der Waals surface area contributed by atoms with Crippen LogP contribution in [-0.4, -0.2) is 44.1 Å². The second kappa shape index (κ2) is 13.4. The van der Waals surface area contributed by atoms with E-state index in [1.807, 2.05) is 49.4 Å². The van der Waals surface area contributed by atoms with Crippen molar-refractivity contribution in [3.8, 4) is 17.2 Å². The number of carbonyl (C=O) groups excluding carboxylic acids is 3. The standard InChI is InChI=1S/C34H31N3O6S/c1-21-10-12-23(13-11-21)31(38)35-26-16-14-24(15-17-26)32(39)36-37-33(40)29(44-34(37)25-8-6-5-7-9-25)20-22-18-27(41-2)30(43-4)28(19-22)42-3/h5-20,34H,1-4H3,(H,35,38)(H,36,39)/b29-20-. The van der Waals surface area contributed by atoms with Gasteiger partial charge in [0.2, 0.25) is 5.75 Å². The maximum absolute atomic E-state index is 13.7. The first kappa shape index (κ1) is 30.2. The summed E-state index contributed by atoms with van der Waals surface area (Å²) in [5.41, 5.74) is 6.75. The van der Waals surface area contributed by atoms with E-state index in [1.165, 1.54) is 38.1 Å². The Hall–Kier alpha value is -5.22. The number of nitrogens with zero attached hydrogens (tertiary/aromatic N) is 1. The second-order valence-electron chi connectivity index (χ2n) is 9.86. The highest BCUT2D eigenvalue weighted by molar-refractivity contribution is 8.04. The molecule has 0 bridgehead atoms. The van der Waals surface area contributed by atoms with Gasteiger partial charge in [0.25, 0.3) is 17.7 Å². The lowest BCUT2D eigenvalue weighted by Gasteiger charge is -2.24. The van der Waals surface area contributed by atoms with Gasteiger partial charge in [-0.2, -0.15) is 0 Å². The molecular formula is C34H31N3O6S. The Morgan fingerprint density at radius 3 is 1.98 bits per heavy atom. The van der Waals surface area contributed by atoms with Gasteiger partial charge >= 0.3 is 0 Å². The minimum atomic E-state index is -0.506. The number of thioether (sulfide) groups is 1. The van der Waals surface area contributed by atoms with Crippen molar-refractivity contribution in [3.63, 3.8) is 0 Å². The molecule has 1 heterocycles. The van der Waals surface area contributed by atoms with Gasteiger partial charge in [0.05, 0.1) is 26.2 Å². The lowest BCUT2D eigenvalue weighted by atomic mass is 10.1. The number of hydrogen-bond donors (Lipinski definition) is 2. The third kappa shape index (κ3) is 6.55. The van der Waals surface area contributed by atoms with Crippen LogP contribution in [0.2, 0.25) is 0 Å². The second-order valence-corrected chi connectivity index (χ2v) is 11.0. The lowest BCUT2D eigenvalue weighted by Crippen LogP contribution is -2.44. The zero-order valence-corrected chi connectivity index (χ0v) is 25.4. The zero-order chi connectivity index (χ0) is 31.2. The number of hydrogen-bond acceptors (Lipinski definition) is 7. The van der Waals surface area contributed by atoms with E-state index in [1.54, 1.807) is 54.6 Å². The van der Waals surface area contributed by atoms with Crippen LogP contribution in [-0.2, 0) is 4.79 Å². The first-order valence-corrected chi connectivity index (χ1v) is 14.5. The molecule has 0 aromatic heterocycles. The van der Waals surface area contributed by atoms with E-state index >= 15 is 0 Å². The normalized spacial score (nSPS) is 15.2. The van der Waals surface area contributed by atoms with Crippen LogP contribution in [0.1, 0.15) is 42.8 Å². The first-order chi connectivity index (χ1) is 21.3. The van der Waals surface area contributed by atoms with E-state index in [2.05, 4.69) is 10.7 Å². The molecule has 1 saturated heterocycles. The molecule has 4 aromatic carbocycles. The quantitative estimate of drug-likeness (QED) is 0.217. The van der Waals surface area contributed by atoms with Crippen LogP contribution in [0, 0.1) is 6.92 Å². The molecule has 44 heavy (non-hydrogen) atoms. The Kier molecular flexibility index (Phi) is 9.20. The van der Waals surface area contributed by atoms with E-state index in [-0.39, 0.29) is 11.8 Å². The van der Waals surface area contributed by atoms with Gasteiger partial charge in [0.1, 0.15) is 5.37 Å². The molecular weight excluding hydrogens is 578 g/mol. The highest BCUT2D eigenvalue weighted by Crippen LogP contribution is 2.46. The Balaban J connectivity index is 1.37. The number of methoxy groups -OCH3 is 3. The van der Waals surface area contributed by atoms with E-state index in [0.29, 0.717) is 44.5 Å². The molecule has 1 aliphatic rings. The Bertz CT molecular complexity index is 1680. The van der Waals surface area contributed by atoms with Gasteiger partial charge < -0.3 is 19.5 Å². The number of anilines is 1. The molecule has 1 aliphatic heterocycles. The number of benzene rings is 4. The molecule has 0 spiro atoms. The smallest absolute Gasteiger partial charge is 0.280 e. The summed E-state index contributed by atoms with van der Waals surface area (Å²) in [7, 11) is 4.57. The molecule has 0 radical (unpaired) electrons. The first-order valence-electron chi connectivity index (χ1n) is 13.7. The van der Waals surface area contributed by atoms with Crippen LogP contribution in [0.3, 0.4) is 0 Å². The van der Waals surface area contributed by atoms with Crippen LogP contribution in [0.4, 0.5) is 5.69 Å². The van der Waals surface area contributed by atoms with E-state index in [9.17, 15) is 14.4 Å². The van der Waals surface area contributed by atoms with Gasteiger partial charge in [-0.15, -0.1) is 0 Å². The zero-order valence-electron chi connectivity index (χ0n) is 24.6. The molecule has 0 saturated carbocycles. The van der Waals surface area contributed by atoms with Crippen molar-refractivity contribution in [2.24, 2.45) is 0 Å². The third-order valence-electron chi connectivity index (χ3n) is 6.91. The molecule has 5 rings (SSSR count). The summed E-state index contributed by atoms with van der Waals surface area (Å²) in [6.07, 6.45) is 1.73.